The van der Waals surface area contributed by atoms with Crippen LogP contribution >= 0.6 is 8.25 Å². The van der Waals surface area contributed by atoms with Crippen LogP contribution in [0.4, 0.5) is 0 Å². The molecular weight excluding hydrogens is 1140 g/mol. The van der Waals surface area contributed by atoms with Crippen molar-refractivity contribution in [3.05, 3.63) is 104 Å². The molecule has 2 aromatic heterocycles. The van der Waals surface area contributed by atoms with Gasteiger partial charge < -0.3 is 38.6 Å². The zero-order valence-electron chi connectivity index (χ0n) is 57.1. The van der Waals surface area contributed by atoms with Crippen LogP contribution in [-0.2, 0) is 64.6 Å². The number of aromatic nitrogens is 2. The number of esters is 4. The normalized spacial score (nSPS) is 12.6. The Morgan fingerprint density at radius 2 is 0.716 bits per heavy atom. The summed E-state index contributed by atoms with van der Waals surface area (Å²) in [5.41, 5.74) is 4.87. The molecule has 0 fully saturated rings. The van der Waals surface area contributed by atoms with E-state index in [9.17, 15) is 29.4 Å². The minimum Gasteiger partial charge on any atom is -0.506 e. The van der Waals surface area contributed by atoms with Crippen LogP contribution in [-0.4, -0.2) is 82.1 Å². The predicted octanol–water partition coefficient (Wildman–Crippen LogP) is 15.9. The number of aryl methyl sites for hydroxylation is 2. The summed E-state index contributed by atoms with van der Waals surface area (Å²) in [7, 11) is -4.23. The number of hydrogen-bond acceptors (Lipinski definition) is 17. The highest BCUT2D eigenvalue weighted by Gasteiger charge is 2.49. The van der Waals surface area contributed by atoms with Crippen molar-refractivity contribution < 1.29 is 71.4 Å². The lowest BCUT2D eigenvalue weighted by Gasteiger charge is -2.38. The molecule has 0 atom stereocenters. The van der Waals surface area contributed by atoms with Gasteiger partial charge in [-0.1, -0.05) is 83.1 Å². The molecular formula is C70H105N2O15P. The number of carbonyl (C=O) groups is 4. The molecule has 490 valence electrons. The molecule has 18 heteroatoms. The van der Waals surface area contributed by atoms with Gasteiger partial charge in [0.15, 0.2) is 26.4 Å². The van der Waals surface area contributed by atoms with Crippen LogP contribution in [0.5, 0.6) is 23.0 Å². The van der Waals surface area contributed by atoms with Gasteiger partial charge in [-0.3, -0.25) is 42.8 Å². The molecule has 0 radical (unpaired) electrons. The third-order valence-electron chi connectivity index (χ3n) is 19.2. The quantitative estimate of drug-likeness (QED) is 0.0192. The standard InChI is InChI=1S/C70H105N2O15P/c1-23-65(19,24-2)61(75)80-39-69(40-81-62(76)66(20,25-3)26-4,84-57-35-45(13)53(47(15)49(57)17)37-51-31-33-55(73)59(71-51)43(9)10)86-88(79)87-70(41-82-63(77)67(21,27-5)28-6,42-83-64(78)68(22,29-7)30-8)85-58-36-46(14)54(48(16)50(58)18)38-52-32-34-56(74)60(72-52)44(11)12/h31-36,43-44,73-74,88H,23-30,37-42H2,1-22H3. The number of ether oxygens (including phenoxy) is 6. The van der Waals surface area contributed by atoms with E-state index in [0.717, 1.165) is 44.8 Å². The molecule has 4 aromatic rings. The van der Waals surface area contributed by atoms with Crippen LogP contribution in [0.1, 0.15) is 241 Å². The number of aromatic hydroxyl groups is 2. The minimum atomic E-state index is -4.23. The Labute approximate surface area is 526 Å². The van der Waals surface area contributed by atoms with E-state index in [1.165, 1.54) is 0 Å². The Morgan fingerprint density at radius 1 is 0.455 bits per heavy atom. The van der Waals surface area contributed by atoms with Gasteiger partial charge in [-0.25, -0.2) is 0 Å². The van der Waals surface area contributed by atoms with Crippen LogP contribution < -0.4 is 9.47 Å². The fraction of sp³-hybridized carbons (Fsp3) is 0.629. The van der Waals surface area contributed by atoms with Gasteiger partial charge in [0.25, 0.3) is 11.6 Å². The second-order valence-corrected chi connectivity index (χ2v) is 26.7. The van der Waals surface area contributed by atoms with Crippen molar-refractivity contribution in [2.75, 3.05) is 26.4 Å². The van der Waals surface area contributed by atoms with Crippen LogP contribution in [0.15, 0.2) is 36.4 Å². The molecule has 0 saturated carbocycles. The van der Waals surface area contributed by atoms with E-state index in [-0.39, 0.29) is 34.8 Å². The zero-order valence-corrected chi connectivity index (χ0v) is 58.1. The van der Waals surface area contributed by atoms with E-state index >= 15 is 4.57 Å². The number of pyridine rings is 2. The lowest BCUT2D eigenvalue weighted by atomic mass is 9.85. The lowest BCUT2D eigenvalue weighted by molar-refractivity contribution is -0.225. The first-order chi connectivity index (χ1) is 41.1. The molecule has 0 aliphatic heterocycles. The summed E-state index contributed by atoms with van der Waals surface area (Å²) in [6, 6.07) is 10.4. The summed E-state index contributed by atoms with van der Waals surface area (Å²) >= 11 is 0. The first-order valence-electron chi connectivity index (χ1n) is 31.6. The second-order valence-electron chi connectivity index (χ2n) is 25.8. The monoisotopic (exact) mass is 1240 g/mol. The van der Waals surface area contributed by atoms with E-state index in [2.05, 4.69) is 0 Å². The molecule has 17 nitrogen and oxygen atoms in total. The molecule has 2 N–H and O–H groups in total. The summed E-state index contributed by atoms with van der Waals surface area (Å²) in [6.07, 6.45) is 4.00. The maximum Gasteiger partial charge on any atom is 0.326 e. The minimum absolute atomic E-state index is 0.0335. The molecule has 0 aliphatic carbocycles. The SMILES string of the molecule is CCC(C)(CC)C(=O)OCC(COC(=O)C(C)(CC)CC)(Oc1cc(C)c(Cc2ccc(O)c(C(C)C)n2)c(C)c1C)O[PH](=O)OC(COC(=O)C(C)(CC)CC)(COC(=O)C(C)(CC)CC)Oc1cc(C)c(Cc2ccc(O)c(C(C)C)n2)c(C)c1C. The zero-order chi connectivity index (χ0) is 66.5. The van der Waals surface area contributed by atoms with Gasteiger partial charge >= 0.3 is 32.1 Å². The van der Waals surface area contributed by atoms with E-state index < -0.39 is 91.8 Å². The highest BCUT2D eigenvalue weighted by atomic mass is 31.1. The van der Waals surface area contributed by atoms with Crippen molar-refractivity contribution >= 4 is 32.1 Å². The molecule has 0 amide bonds. The Kier molecular flexibility index (Phi) is 26.3. The highest BCUT2D eigenvalue weighted by Crippen LogP contribution is 2.44. The molecule has 2 aromatic carbocycles. The first-order valence-corrected chi connectivity index (χ1v) is 32.9. The average Bonchev–Trinajstić information content (AvgIpc) is 1.04. The van der Waals surface area contributed by atoms with Crippen molar-refractivity contribution in [1.29, 1.82) is 0 Å². The predicted molar refractivity (Wildman–Crippen MR) is 343 cm³/mol. The van der Waals surface area contributed by atoms with Crippen molar-refractivity contribution in [2.24, 2.45) is 21.7 Å². The average molecular weight is 1250 g/mol. The summed E-state index contributed by atoms with van der Waals surface area (Å²) in [5.74, 6) is -6.80. The molecule has 2 heterocycles. The summed E-state index contributed by atoms with van der Waals surface area (Å²) in [4.78, 5) is 67.0. The van der Waals surface area contributed by atoms with Gasteiger partial charge in [0, 0.05) is 24.2 Å². The van der Waals surface area contributed by atoms with Gasteiger partial charge in [0.05, 0.1) is 33.0 Å². The summed E-state index contributed by atoms with van der Waals surface area (Å²) in [6.45, 7) is 38.0. The van der Waals surface area contributed by atoms with Gasteiger partial charge in [-0.2, -0.15) is 0 Å². The van der Waals surface area contributed by atoms with Crippen LogP contribution in [0.25, 0.3) is 0 Å². The maximum absolute atomic E-state index is 15.8. The lowest BCUT2D eigenvalue weighted by Crippen LogP contribution is -2.52. The van der Waals surface area contributed by atoms with Crippen molar-refractivity contribution in [1.82, 2.24) is 9.97 Å². The highest BCUT2D eigenvalue weighted by molar-refractivity contribution is 7.33. The van der Waals surface area contributed by atoms with Gasteiger partial charge in [-0.15, -0.1) is 0 Å². The summed E-state index contributed by atoms with van der Waals surface area (Å²) < 4.78 is 67.9. The van der Waals surface area contributed by atoms with E-state index in [1.54, 1.807) is 64.1 Å². The number of hydrogen-bond donors (Lipinski definition) is 2. The number of rotatable bonds is 34. The smallest absolute Gasteiger partial charge is 0.326 e. The van der Waals surface area contributed by atoms with E-state index in [4.69, 9.17) is 47.4 Å². The Bertz CT molecular complexity index is 2830. The Hall–Kier alpha value is -6.03. The second kappa shape index (κ2) is 31.1. The van der Waals surface area contributed by atoms with Crippen molar-refractivity contribution in [3.8, 4) is 23.0 Å². The van der Waals surface area contributed by atoms with Crippen molar-refractivity contribution in [2.45, 2.75) is 240 Å². The fourth-order valence-corrected chi connectivity index (χ4v) is 11.0. The third-order valence-corrected chi connectivity index (χ3v) is 20.3. The van der Waals surface area contributed by atoms with Crippen LogP contribution in [0.3, 0.4) is 0 Å². The van der Waals surface area contributed by atoms with Gasteiger partial charge in [0.2, 0.25) is 0 Å². The van der Waals surface area contributed by atoms with E-state index in [1.807, 2.05) is 125 Å². The topological polar surface area (TPSA) is 225 Å². The number of benzene rings is 2. The van der Waals surface area contributed by atoms with E-state index in [0.29, 0.717) is 86.7 Å². The third kappa shape index (κ3) is 17.7. The largest absolute Gasteiger partial charge is 0.506 e. The van der Waals surface area contributed by atoms with Crippen LogP contribution in [0, 0.1) is 63.2 Å². The molecule has 88 heavy (non-hydrogen) atoms. The maximum atomic E-state index is 15.8. The Balaban J connectivity index is 2.07. The van der Waals surface area contributed by atoms with Crippen molar-refractivity contribution in [3.63, 3.8) is 0 Å². The Morgan fingerprint density at radius 3 is 0.955 bits per heavy atom. The molecule has 0 aliphatic rings. The molecule has 0 saturated heterocycles. The van der Waals surface area contributed by atoms with Gasteiger partial charge in [0.1, 0.15) is 23.0 Å². The summed E-state index contributed by atoms with van der Waals surface area (Å²) in [5, 5.41) is 21.2. The van der Waals surface area contributed by atoms with Crippen LogP contribution in [0.2, 0.25) is 0 Å². The molecule has 0 spiro atoms. The molecule has 0 bridgehead atoms. The fourth-order valence-electron chi connectivity index (χ4n) is 10.0. The molecule has 4 rings (SSSR count). The molecule has 0 unspecified atom stereocenters. The first kappa shape index (κ1) is 74.4. The number of nitrogens with zero attached hydrogens (tertiary/aromatic N) is 2. The van der Waals surface area contributed by atoms with Gasteiger partial charge in [-0.05, 0) is 213 Å². The number of carbonyl (C=O) groups excluding carboxylic acids is 4.